The summed E-state index contributed by atoms with van der Waals surface area (Å²) in [5.41, 5.74) is 7.32. The van der Waals surface area contributed by atoms with Crippen molar-refractivity contribution in [3.63, 3.8) is 0 Å². The summed E-state index contributed by atoms with van der Waals surface area (Å²) in [4.78, 5) is 0. The molecule has 2 heteroatoms. The first-order chi connectivity index (χ1) is 7.19. The van der Waals surface area contributed by atoms with E-state index in [9.17, 15) is 0 Å². The molecule has 0 aliphatic heterocycles. The number of hydrogen-bond donors (Lipinski definition) is 1. The van der Waals surface area contributed by atoms with Crippen molar-refractivity contribution in [3.8, 4) is 5.75 Å². The molecule has 0 aliphatic carbocycles. The normalized spacial score (nSPS) is 14.7. The van der Waals surface area contributed by atoms with Gasteiger partial charge in [0.2, 0.25) is 0 Å². The molecule has 0 amide bonds. The lowest BCUT2D eigenvalue weighted by molar-refractivity contribution is 0.339. The van der Waals surface area contributed by atoms with Gasteiger partial charge in [-0.05, 0) is 30.5 Å². The Morgan fingerprint density at radius 3 is 2.67 bits per heavy atom. The highest BCUT2D eigenvalue weighted by molar-refractivity contribution is 5.30. The highest BCUT2D eigenvalue weighted by Gasteiger charge is 2.13. The van der Waals surface area contributed by atoms with Crippen LogP contribution in [0.1, 0.15) is 38.8 Å². The molecule has 0 radical (unpaired) electrons. The summed E-state index contributed by atoms with van der Waals surface area (Å²) in [6, 6.07) is 8.19. The van der Waals surface area contributed by atoms with E-state index < -0.39 is 0 Å². The van der Waals surface area contributed by atoms with Gasteiger partial charge in [0.25, 0.3) is 0 Å². The largest absolute Gasteiger partial charge is 0.494 e. The lowest BCUT2D eigenvalue weighted by atomic mass is 9.93. The van der Waals surface area contributed by atoms with Crippen LogP contribution in [0.3, 0.4) is 0 Å². The molecule has 0 spiro atoms. The smallest absolute Gasteiger partial charge is 0.119 e. The van der Waals surface area contributed by atoms with E-state index in [0.717, 1.165) is 17.7 Å². The summed E-state index contributed by atoms with van der Waals surface area (Å²) in [6.07, 6.45) is 1.10. The van der Waals surface area contributed by atoms with Gasteiger partial charge < -0.3 is 10.5 Å². The minimum atomic E-state index is 0.107. The number of hydrogen-bond acceptors (Lipinski definition) is 2. The molecule has 0 bridgehead atoms. The van der Waals surface area contributed by atoms with Gasteiger partial charge in [-0.15, -0.1) is 0 Å². The summed E-state index contributed by atoms with van der Waals surface area (Å²) in [5.74, 6) is 1.41. The first kappa shape index (κ1) is 12.1. The van der Waals surface area contributed by atoms with Crippen molar-refractivity contribution < 1.29 is 4.74 Å². The third kappa shape index (κ3) is 3.24. The van der Waals surface area contributed by atoms with Crippen molar-refractivity contribution in [2.75, 3.05) is 6.61 Å². The summed E-state index contributed by atoms with van der Waals surface area (Å²) < 4.78 is 5.45. The Balaban J connectivity index is 2.80. The zero-order valence-electron chi connectivity index (χ0n) is 9.86. The van der Waals surface area contributed by atoms with E-state index in [2.05, 4.69) is 19.9 Å². The lowest BCUT2D eigenvalue weighted by Gasteiger charge is -2.19. The fourth-order valence-corrected chi connectivity index (χ4v) is 1.56. The van der Waals surface area contributed by atoms with E-state index in [0.29, 0.717) is 12.5 Å². The molecule has 0 saturated carbocycles. The van der Waals surface area contributed by atoms with Crippen LogP contribution in [-0.2, 0) is 0 Å². The Morgan fingerprint density at radius 2 is 2.07 bits per heavy atom. The van der Waals surface area contributed by atoms with Crippen LogP contribution in [0.5, 0.6) is 5.75 Å². The van der Waals surface area contributed by atoms with Gasteiger partial charge in [-0.2, -0.15) is 0 Å². The lowest BCUT2D eigenvalue weighted by Crippen LogP contribution is -2.18. The molecule has 0 heterocycles. The third-order valence-corrected chi connectivity index (χ3v) is 2.81. The number of benzene rings is 1. The maximum absolute atomic E-state index is 6.16. The van der Waals surface area contributed by atoms with Crippen LogP contribution in [0.4, 0.5) is 0 Å². The third-order valence-electron chi connectivity index (χ3n) is 2.81. The number of ether oxygens (including phenoxy) is 1. The first-order valence-corrected chi connectivity index (χ1v) is 5.67. The Morgan fingerprint density at radius 1 is 1.33 bits per heavy atom. The summed E-state index contributed by atoms with van der Waals surface area (Å²) >= 11 is 0. The first-order valence-electron chi connectivity index (χ1n) is 5.67. The molecular weight excluding hydrogens is 186 g/mol. The van der Waals surface area contributed by atoms with Gasteiger partial charge >= 0.3 is 0 Å². The van der Waals surface area contributed by atoms with Crippen LogP contribution >= 0.6 is 0 Å². The monoisotopic (exact) mass is 207 g/mol. The maximum atomic E-state index is 6.16. The Kier molecular flexibility index (Phi) is 4.63. The number of rotatable bonds is 5. The SMILES string of the molecule is CCOc1cccc(C(N)C(C)CC)c1. The predicted molar refractivity (Wildman–Crippen MR) is 64.0 cm³/mol. The zero-order chi connectivity index (χ0) is 11.3. The second-order valence-electron chi connectivity index (χ2n) is 3.92. The van der Waals surface area contributed by atoms with Gasteiger partial charge in [0.15, 0.2) is 0 Å². The Hall–Kier alpha value is -1.02. The molecule has 0 fully saturated rings. The van der Waals surface area contributed by atoms with Crippen molar-refractivity contribution in [1.82, 2.24) is 0 Å². The van der Waals surface area contributed by atoms with E-state index >= 15 is 0 Å². The molecule has 0 aliphatic rings. The predicted octanol–water partition coefficient (Wildman–Crippen LogP) is 3.13. The molecule has 84 valence electrons. The van der Waals surface area contributed by atoms with Crippen molar-refractivity contribution in [2.24, 2.45) is 11.7 Å². The van der Waals surface area contributed by atoms with E-state index in [4.69, 9.17) is 10.5 Å². The topological polar surface area (TPSA) is 35.2 Å². The van der Waals surface area contributed by atoms with Gasteiger partial charge in [-0.3, -0.25) is 0 Å². The molecule has 2 atom stereocenters. The zero-order valence-corrected chi connectivity index (χ0v) is 9.86. The van der Waals surface area contributed by atoms with Gasteiger partial charge in [-0.1, -0.05) is 32.4 Å². The summed E-state index contributed by atoms with van der Waals surface area (Å²) in [5, 5.41) is 0. The van der Waals surface area contributed by atoms with Crippen molar-refractivity contribution in [1.29, 1.82) is 0 Å². The molecule has 15 heavy (non-hydrogen) atoms. The van der Waals surface area contributed by atoms with Crippen molar-refractivity contribution in [3.05, 3.63) is 29.8 Å². The molecule has 2 nitrogen and oxygen atoms in total. The highest BCUT2D eigenvalue weighted by atomic mass is 16.5. The van der Waals surface area contributed by atoms with E-state index in [1.165, 1.54) is 0 Å². The van der Waals surface area contributed by atoms with Crippen LogP contribution in [-0.4, -0.2) is 6.61 Å². The minimum absolute atomic E-state index is 0.107. The second-order valence-corrected chi connectivity index (χ2v) is 3.92. The average Bonchev–Trinajstić information content (AvgIpc) is 2.28. The van der Waals surface area contributed by atoms with Crippen molar-refractivity contribution >= 4 is 0 Å². The molecule has 0 saturated heterocycles. The summed E-state index contributed by atoms with van der Waals surface area (Å²) in [7, 11) is 0. The van der Waals surface area contributed by atoms with E-state index in [1.54, 1.807) is 0 Å². The fourth-order valence-electron chi connectivity index (χ4n) is 1.56. The molecule has 1 aromatic rings. The van der Waals surface area contributed by atoms with Gasteiger partial charge in [0.05, 0.1) is 6.61 Å². The molecule has 0 aromatic heterocycles. The fraction of sp³-hybridized carbons (Fsp3) is 0.538. The molecule has 1 aromatic carbocycles. The van der Waals surface area contributed by atoms with Crippen molar-refractivity contribution in [2.45, 2.75) is 33.2 Å². The van der Waals surface area contributed by atoms with Crippen LogP contribution in [0.25, 0.3) is 0 Å². The van der Waals surface area contributed by atoms with Crippen LogP contribution in [0.2, 0.25) is 0 Å². The van der Waals surface area contributed by atoms with Crippen LogP contribution in [0.15, 0.2) is 24.3 Å². The number of nitrogens with two attached hydrogens (primary N) is 1. The minimum Gasteiger partial charge on any atom is -0.494 e. The molecular formula is C13H21NO. The van der Waals surface area contributed by atoms with E-state index in [1.807, 2.05) is 25.1 Å². The standard InChI is InChI=1S/C13H21NO/c1-4-10(3)13(14)11-7-6-8-12(9-11)15-5-2/h6-10,13H,4-5,14H2,1-3H3. The highest BCUT2D eigenvalue weighted by Crippen LogP contribution is 2.24. The second kappa shape index (κ2) is 5.76. The Labute approximate surface area is 92.4 Å². The van der Waals surface area contributed by atoms with E-state index in [-0.39, 0.29) is 6.04 Å². The average molecular weight is 207 g/mol. The van der Waals surface area contributed by atoms with Gasteiger partial charge in [-0.25, -0.2) is 0 Å². The van der Waals surface area contributed by atoms with Gasteiger partial charge in [0.1, 0.15) is 5.75 Å². The summed E-state index contributed by atoms with van der Waals surface area (Å²) in [6.45, 7) is 7.03. The molecule has 2 N–H and O–H groups in total. The maximum Gasteiger partial charge on any atom is 0.119 e. The quantitative estimate of drug-likeness (QED) is 0.805. The molecule has 1 rings (SSSR count). The molecule has 2 unspecified atom stereocenters. The Bertz CT molecular complexity index is 298. The van der Waals surface area contributed by atoms with Crippen LogP contribution in [0, 0.1) is 5.92 Å². The van der Waals surface area contributed by atoms with Crippen LogP contribution < -0.4 is 10.5 Å². The van der Waals surface area contributed by atoms with Gasteiger partial charge in [0, 0.05) is 6.04 Å².